The van der Waals surface area contributed by atoms with Gasteiger partial charge in [0.1, 0.15) is 0 Å². The van der Waals surface area contributed by atoms with Crippen molar-refractivity contribution in [3.05, 3.63) is 0 Å². The molecule has 1 aliphatic heterocycles. The van der Waals surface area contributed by atoms with Crippen molar-refractivity contribution in [2.75, 3.05) is 26.7 Å². The molecule has 0 aromatic rings. The lowest BCUT2D eigenvalue weighted by Gasteiger charge is -2.19. The minimum absolute atomic E-state index is 0.0316. The van der Waals surface area contributed by atoms with Crippen LogP contribution in [-0.2, 0) is 4.74 Å². The van der Waals surface area contributed by atoms with Gasteiger partial charge < -0.3 is 15.0 Å². The van der Waals surface area contributed by atoms with Gasteiger partial charge in [0.2, 0.25) is 0 Å². The van der Waals surface area contributed by atoms with Gasteiger partial charge in [-0.15, -0.1) is 0 Å². The van der Waals surface area contributed by atoms with Crippen LogP contribution in [0.3, 0.4) is 0 Å². The van der Waals surface area contributed by atoms with Crippen LogP contribution >= 0.6 is 0 Å². The Kier molecular flexibility index (Phi) is 3.97. The molecule has 1 amide bonds. The van der Waals surface area contributed by atoms with Crippen molar-refractivity contribution in [1.29, 1.82) is 0 Å². The number of alkyl carbamates (subject to hydrolysis) is 1. The van der Waals surface area contributed by atoms with Crippen LogP contribution in [0, 0.1) is 5.41 Å². The SMILES string of the molecule is CN1CC[C@H](NC(=O)OCC(C)(C)C)C1. The predicted molar refractivity (Wildman–Crippen MR) is 59.8 cm³/mol. The Bertz CT molecular complexity index is 223. The zero-order valence-electron chi connectivity index (χ0n) is 10.2. The summed E-state index contributed by atoms with van der Waals surface area (Å²) in [5.74, 6) is 0. The Hall–Kier alpha value is -0.770. The number of hydrogen-bond donors (Lipinski definition) is 1. The number of likely N-dealkylation sites (tertiary alicyclic amines) is 1. The number of carbonyl (C=O) groups is 1. The first kappa shape index (κ1) is 12.3. The number of ether oxygens (including phenoxy) is 1. The fourth-order valence-electron chi connectivity index (χ4n) is 1.54. The Morgan fingerprint density at radius 3 is 2.67 bits per heavy atom. The van der Waals surface area contributed by atoms with E-state index < -0.39 is 0 Å². The van der Waals surface area contributed by atoms with Crippen LogP contribution in [0.2, 0.25) is 0 Å². The molecule has 0 bridgehead atoms. The van der Waals surface area contributed by atoms with Gasteiger partial charge in [-0.2, -0.15) is 0 Å². The molecule has 1 fully saturated rings. The highest BCUT2D eigenvalue weighted by Gasteiger charge is 2.22. The maximum absolute atomic E-state index is 11.4. The van der Waals surface area contributed by atoms with Crippen LogP contribution in [0.5, 0.6) is 0 Å². The van der Waals surface area contributed by atoms with E-state index in [0.717, 1.165) is 19.5 Å². The first-order chi connectivity index (χ1) is 6.87. The Morgan fingerprint density at radius 2 is 2.20 bits per heavy atom. The molecule has 88 valence electrons. The quantitative estimate of drug-likeness (QED) is 0.756. The van der Waals surface area contributed by atoms with E-state index in [9.17, 15) is 4.79 Å². The molecular weight excluding hydrogens is 192 g/mol. The van der Waals surface area contributed by atoms with Crippen molar-refractivity contribution in [2.24, 2.45) is 5.41 Å². The smallest absolute Gasteiger partial charge is 0.407 e. The Balaban J connectivity index is 2.19. The van der Waals surface area contributed by atoms with Crippen molar-refractivity contribution in [3.63, 3.8) is 0 Å². The molecule has 1 saturated heterocycles. The van der Waals surface area contributed by atoms with Crippen molar-refractivity contribution in [2.45, 2.75) is 33.2 Å². The first-order valence-electron chi connectivity index (χ1n) is 5.49. The number of hydrogen-bond acceptors (Lipinski definition) is 3. The zero-order valence-corrected chi connectivity index (χ0v) is 10.2. The van der Waals surface area contributed by atoms with Gasteiger partial charge in [-0.3, -0.25) is 0 Å². The third-order valence-electron chi connectivity index (χ3n) is 2.35. The summed E-state index contributed by atoms with van der Waals surface area (Å²) in [7, 11) is 2.06. The van der Waals surface area contributed by atoms with Crippen LogP contribution in [0.1, 0.15) is 27.2 Å². The van der Waals surface area contributed by atoms with E-state index in [1.165, 1.54) is 0 Å². The molecule has 1 aliphatic rings. The number of nitrogens with zero attached hydrogens (tertiary/aromatic N) is 1. The lowest BCUT2D eigenvalue weighted by molar-refractivity contribution is 0.103. The van der Waals surface area contributed by atoms with Gasteiger partial charge in [-0.05, 0) is 25.4 Å². The molecule has 1 atom stereocenters. The average molecular weight is 214 g/mol. The summed E-state index contributed by atoms with van der Waals surface area (Å²) in [6, 6.07) is 0.252. The Labute approximate surface area is 92.0 Å². The molecule has 0 radical (unpaired) electrons. The highest BCUT2D eigenvalue weighted by Crippen LogP contribution is 2.13. The summed E-state index contributed by atoms with van der Waals surface area (Å²) >= 11 is 0. The number of rotatable bonds is 2. The average Bonchev–Trinajstić information content (AvgIpc) is 2.47. The van der Waals surface area contributed by atoms with E-state index >= 15 is 0 Å². The highest BCUT2D eigenvalue weighted by atomic mass is 16.5. The minimum Gasteiger partial charge on any atom is -0.449 e. The molecular formula is C11H22N2O2. The molecule has 4 nitrogen and oxygen atoms in total. The van der Waals surface area contributed by atoms with E-state index in [-0.39, 0.29) is 17.6 Å². The van der Waals surface area contributed by atoms with Gasteiger partial charge in [0, 0.05) is 12.6 Å². The number of amides is 1. The van der Waals surface area contributed by atoms with Crippen molar-refractivity contribution >= 4 is 6.09 Å². The van der Waals surface area contributed by atoms with Crippen LogP contribution < -0.4 is 5.32 Å². The fourth-order valence-corrected chi connectivity index (χ4v) is 1.54. The number of nitrogens with one attached hydrogen (secondary N) is 1. The number of likely N-dealkylation sites (N-methyl/N-ethyl adjacent to an activating group) is 1. The van der Waals surface area contributed by atoms with Crippen molar-refractivity contribution in [1.82, 2.24) is 10.2 Å². The molecule has 0 aromatic heterocycles. The van der Waals surface area contributed by atoms with E-state index in [1.807, 2.05) is 20.8 Å². The van der Waals surface area contributed by atoms with Gasteiger partial charge in [-0.1, -0.05) is 20.8 Å². The molecule has 4 heteroatoms. The molecule has 0 spiro atoms. The summed E-state index contributed by atoms with van der Waals surface area (Å²) in [5, 5.41) is 2.88. The lowest BCUT2D eigenvalue weighted by Crippen LogP contribution is -2.38. The van der Waals surface area contributed by atoms with Crippen molar-refractivity contribution < 1.29 is 9.53 Å². The second-order valence-corrected chi connectivity index (χ2v) is 5.53. The molecule has 0 saturated carbocycles. The predicted octanol–water partition coefficient (Wildman–Crippen LogP) is 1.46. The summed E-state index contributed by atoms with van der Waals surface area (Å²) in [6.45, 7) is 8.56. The largest absolute Gasteiger partial charge is 0.449 e. The van der Waals surface area contributed by atoms with E-state index in [1.54, 1.807) is 0 Å². The van der Waals surface area contributed by atoms with Gasteiger partial charge in [0.05, 0.1) is 6.61 Å². The van der Waals surface area contributed by atoms with Crippen LogP contribution in [0.4, 0.5) is 4.79 Å². The van der Waals surface area contributed by atoms with E-state index in [4.69, 9.17) is 4.74 Å². The van der Waals surface area contributed by atoms with Crippen LogP contribution in [-0.4, -0.2) is 43.8 Å². The van der Waals surface area contributed by atoms with Gasteiger partial charge >= 0.3 is 6.09 Å². The second-order valence-electron chi connectivity index (χ2n) is 5.53. The van der Waals surface area contributed by atoms with Crippen molar-refractivity contribution in [3.8, 4) is 0 Å². The Morgan fingerprint density at radius 1 is 1.53 bits per heavy atom. The van der Waals surface area contributed by atoms with Gasteiger partial charge in [-0.25, -0.2) is 4.79 Å². The fraction of sp³-hybridized carbons (Fsp3) is 0.909. The third kappa shape index (κ3) is 5.02. The summed E-state index contributed by atoms with van der Waals surface area (Å²) < 4.78 is 5.14. The monoisotopic (exact) mass is 214 g/mol. The molecule has 0 unspecified atom stereocenters. The lowest BCUT2D eigenvalue weighted by atomic mass is 9.99. The molecule has 1 heterocycles. The molecule has 1 rings (SSSR count). The van der Waals surface area contributed by atoms with Crippen LogP contribution in [0.15, 0.2) is 0 Å². The molecule has 1 N–H and O–H groups in total. The summed E-state index contributed by atoms with van der Waals surface area (Å²) in [4.78, 5) is 13.6. The minimum atomic E-state index is -0.287. The summed E-state index contributed by atoms with van der Waals surface area (Å²) in [6.07, 6.45) is 0.728. The summed E-state index contributed by atoms with van der Waals surface area (Å²) in [5.41, 5.74) is 0.0316. The van der Waals surface area contributed by atoms with Gasteiger partial charge in [0.25, 0.3) is 0 Å². The topological polar surface area (TPSA) is 41.6 Å². The van der Waals surface area contributed by atoms with E-state index in [2.05, 4.69) is 17.3 Å². The highest BCUT2D eigenvalue weighted by molar-refractivity contribution is 5.67. The third-order valence-corrected chi connectivity index (χ3v) is 2.35. The number of carbonyl (C=O) groups excluding carboxylic acids is 1. The normalized spacial score (nSPS) is 22.8. The zero-order chi connectivity index (χ0) is 11.5. The standard InChI is InChI=1S/C11H22N2O2/c1-11(2,3)8-15-10(14)12-9-5-6-13(4)7-9/h9H,5-8H2,1-4H3,(H,12,14)/t9-/m0/s1. The molecule has 0 aliphatic carbocycles. The molecule has 0 aromatic carbocycles. The molecule has 15 heavy (non-hydrogen) atoms. The first-order valence-corrected chi connectivity index (χ1v) is 5.49. The maximum atomic E-state index is 11.4. The van der Waals surface area contributed by atoms with Gasteiger partial charge in [0.15, 0.2) is 0 Å². The maximum Gasteiger partial charge on any atom is 0.407 e. The van der Waals surface area contributed by atoms with Crippen LogP contribution in [0.25, 0.3) is 0 Å². The van der Waals surface area contributed by atoms with E-state index in [0.29, 0.717) is 6.61 Å². The second kappa shape index (κ2) is 4.84.